The predicted molar refractivity (Wildman–Crippen MR) is 142 cm³/mol. The van der Waals surface area contributed by atoms with Crippen molar-refractivity contribution >= 4 is 39.9 Å². The van der Waals surface area contributed by atoms with Crippen molar-refractivity contribution in [3.63, 3.8) is 0 Å². The van der Waals surface area contributed by atoms with Crippen molar-refractivity contribution in [2.75, 3.05) is 27.4 Å². The largest absolute Gasteiger partial charge is 0.493 e. The number of methoxy groups -OCH3 is 2. The summed E-state index contributed by atoms with van der Waals surface area (Å²) in [5.74, 6) is 0.0198. The Kier molecular flexibility index (Phi) is 11.9. The molecule has 0 aliphatic heterocycles. The van der Waals surface area contributed by atoms with Gasteiger partial charge in [0, 0.05) is 0 Å². The minimum atomic E-state index is -0.791. The number of benzene rings is 2. The maximum atomic E-state index is 12.8. The number of nitrogens with one attached hydrogen (secondary N) is 2. The topological polar surface area (TPSA) is 125 Å². The average molecular weight is 578 g/mol. The first-order valence-electron chi connectivity index (χ1n) is 11.5. The van der Waals surface area contributed by atoms with Crippen LogP contribution in [-0.4, -0.2) is 57.5 Å². The minimum absolute atomic E-state index is 0.148. The molecule has 0 radical (unpaired) electrons. The van der Waals surface area contributed by atoms with Gasteiger partial charge in [-0.3, -0.25) is 9.59 Å². The fraction of sp³-hybridized carbons (Fsp3) is 0.385. The average Bonchev–Trinajstić information content (AvgIpc) is 2.86. The molecule has 11 heteroatoms. The molecule has 0 fully saturated rings. The number of aryl methyl sites for hydroxylation is 1. The molecule has 37 heavy (non-hydrogen) atoms. The number of halogens is 1. The third kappa shape index (κ3) is 9.76. The Morgan fingerprint density at radius 3 is 2.43 bits per heavy atom. The van der Waals surface area contributed by atoms with Crippen molar-refractivity contribution < 1.29 is 33.3 Å². The fourth-order valence-corrected chi connectivity index (χ4v) is 3.77. The number of carbonyl (C=O) groups excluding carboxylic acids is 3. The molecule has 10 nitrogen and oxygen atoms in total. The fourth-order valence-electron chi connectivity index (χ4n) is 3.19. The molecule has 0 aliphatic rings. The molecule has 0 aromatic heterocycles. The van der Waals surface area contributed by atoms with Gasteiger partial charge in [0.15, 0.2) is 24.7 Å². The van der Waals surface area contributed by atoms with Crippen LogP contribution in [0, 0.1) is 12.8 Å². The van der Waals surface area contributed by atoms with Crippen LogP contribution in [0.15, 0.2) is 46.0 Å². The third-order valence-electron chi connectivity index (χ3n) is 5.01. The zero-order valence-electron chi connectivity index (χ0n) is 21.5. The highest BCUT2D eigenvalue weighted by atomic mass is 79.9. The highest BCUT2D eigenvalue weighted by Crippen LogP contribution is 2.36. The van der Waals surface area contributed by atoms with E-state index in [4.69, 9.17) is 14.2 Å². The lowest BCUT2D eigenvalue weighted by Crippen LogP contribution is -2.47. The van der Waals surface area contributed by atoms with Crippen LogP contribution in [0.5, 0.6) is 17.2 Å². The zero-order chi connectivity index (χ0) is 27.4. The van der Waals surface area contributed by atoms with Gasteiger partial charge in [0.05, 0.1) is 24.9 Å². The lowest BCUT2D eigenvalue weighted by Gasteiger charge is -2.19. The molecule has 0 heterocycles. The molecule has 0 bridgehead atoms. The Labute approximate surface area is 224 Å². The highest BCUT2D eigenvalue weighted by Gasteiger charge is 2.22. The van der Waals surface area contributed by atoms with Crippen LogP contribution in [-0.2, 0) is 19.1 Å². The summed E-state index contributed by atoms with van der Waals surface area (Å²) in [5.41, 5.74) is 3.97. The standard InChI is InChI=1S/C26H32BrN3O7/c1-16(2)10-20(29-23(31)14-36-21-9-7-6-8-17(21)3)26(33)30-28-13-18-11-19(27)25(22(12-18)34-4)37-15-24(32)35-5/h6-9,11-13,16,20H,10,14-15H2,1-5H3,(H,29,31)(H,30,33)/b28-13-/t20-/m0/s1. The van der Waals surface area contributed by atoms with Crippen LogP contribution in [0.1, 0.15) is 31.4 Å². The third-order valence-corrected chi connectivity index (χ3v) is 5.60. The molecule has 0 spiro atoms. The molecule has 2 N–H and O–H groups in total. The maximum absolute atomic E-state index is 12.8. The van der Waals surface area contributed by atoms with E-state index in [1.165, 1.54) is 20.4 Å². The summed E-state index contributed by atoms with van der Waals surface area (Å²) in [6.07, 6.45) is 1.84. The number of hydrogen-bond donors (Lipinski definition) is 2. The molecule has 2 rings (SSSR count). The predicted octanol–water partition coefficient (Wildman–Crippen LogP) is 3.38. The SMILES string of the molecule is COC(=O)COc1c(Br)cc(/C=N\NC(=O)[C@H](CC(C)C)NC(=O)COc2ccccc2C)cc1OC. The van der Waals surface area contributed by atoms with E-state index in [1.807, 2.05) is 39.0 Å². The van der Waals surface area contributed by atoms with E-state index >= 15 is 0 Å². The van der Waals surface area contributed by atoms with E-state index < -0.39 is 23.8 Å². The number of ether oxygens (including phenoxy) is 4. The summed E-state index contributed by atoms with van der Waals surface area (Å²) < 4.78 is 21.5. The first kappa shape index (κ1) is 29.6. The Morgan fingerprint density at radius 1 is 1.05 bits per heavy atom. The summed E-state index contributed by atoms with van der Waals surface area (Å²) in [4.78, 5) is 36.6. The van der Waals surface area contributed by atoms with Crippen LogP contribution < -0.4 is 25.0 Å². The van der Waals surface area contributed by atoms with E-state index in [-0.39, 0.29) is 19.1 Å². The first-order chi connectivity index (χ1) is 17.6. The molecular weight excluding hydrogens is 546 g/mol. The van der Waals surface area contributed by atoms with E-state index in [0.717, 1.165) is 5.56 Å². The molecule has 0 aliphatic carbocycles. The van der Waals surface area contributed by atoms with Gasteiger partial charge >= 0.3 is 5.97 Å². The Bertz CT molecular complexity index is 1120. The number of para-hydroxylation sites is 1. The van der Waals surface area contributed by atoms with E-state index in [2.05, 4.69) is 36.5 Å². The van der Waals surface area contributed by atoms with Gasteiger partial charge in [-0.25, -0.2) is 10.2 Å². The molecule has 0 unspecified atom stereocenters. The van der Waals surface area contributed by atoms with Crippen LogP contribution in [0.3, 0.4) is 0 Å². The number of nitrogens with zero attached hydrogens (tertiary/aromatic N) is 1. The summed E-state index contributed by atoms with van der Waals surface area (Å²) in [6, 6.07) is 9.89. The maximum Gasteiger partial charge on any atom is 0.343 e. The second kappa shape index (κ2) is 14.8. The van der Waals surface area contributed by atoms with E-state index in [0.29, 0.717) is 33.7 Å². The molecule has 200 valence electrons. The van der Waals surface area contributed by atoms with Gasteiger partial charge in [-0.15, -0.1) is 0 Å². The molecule has 1 atom stereocenters. The molecule has 0 saturated heterocycles. The minimum Gasteiger partial charge on any atom is -0.493 e. The number of amides is 2. The van der Waals surface area contributed by atoms with E-state index in [9.17, 15) is 14.4 Å². The van der Waals surface area contributed by atoms with Crippen LogP contribution in [0.4, 0.5) is 0 Å². The first-order valence-corrected chi connectivity index (χ1v) is 12.3. The smallest absolute Gasteiger partial charge is 0.343 e. The number of esters is 1. The monoisotopic (exact) mass is 577 g/mol. The van der Waals surface area contributed by atoms with Gasteiger partial charge in [-0.1, -0.05) is 32.0 Å². The summed E-state index contributed by atoms with van der Waals surface area (Å²) in [7, 11) is 2.72. The van der Waals surface area contributed by atoms with Crippen LogP contribution >= 0.6 is 15.9 Å². The van der Waals surface area contributed by atoms with Gasteiger partial charge < -0.3 is 24.3 Å². The van der Waals surface area contributed by atoms with Crippen LogP contribution in [0.25, 0.3) is 0 Å². The summed E-state index contributed by atoms with van der Waals surface area (Å²) in [6.45, 7) is 5.29. The van der Waals surface area contributed by atoms with Crippen LogP contribution in [0.2, 0.25) is 0 Å². The van der Waals surface area contributed by atoms with Gasteiger partial charge in [0.2, 0.25) is 0 Å². The molecular formula is C26H32BrN3O7. The lowest BCUT2D eigenvalue weighted by atomic mass is 10.0. The number of hydrazone groups is 1. The van der Waals surface area contributed by atoms with E-state index in [1.54, 1.807) is 18.2 Å². The Morgan fingerprint density at radius 2 is 1.78 bits per heavy atom. The second-order valence-electron chi connectivity index (χ2n) is 8.44. The van der Waals surface area contributed by atoms with Crippen molar-refractivity contribution in [3.05, 3.63) is 52.0 Å². The number of rotatable bonds is 13. The van der Waals surface area contributed by atoms with Crippen molar-refractivity contribution in [1.29, 1.82) is 0 Å². The molecule has 2 amide bonds. The van der Waals surface area contributed by atoms with Crippen molar-refractivity contribution in [3.8, 4) is 17.2 Å². The summed E-state index contributed by atoms with van der Waals surface area (Å²) >= 11 is 3.38. The molecule has 0 saturated carbocycles. The number of carbonyl (C=O) groups is 3. The quantitative estimate of drug-likeness (QED) is 0.212. The zero-order valence-corrected chi connectivity index (χ0v) is 23.1. The lowest BCUT2D eigenvalue weighted by molar-refractivity contribution is -0.143. The van der Waals surface area contributed by atoms with Gasteiger partial charge in [0.25, 0.3) is 11.8 Å². The highest BCUT2D eigenvalue weighted by molar-refractivity contribution is 9.10. The Hall–Kier alpha value is -3.60. The number of hydrogen-bond acceptors (Lipinski definition) is 8. The van der Waals surface area contributed by atoms with Gasteiger partial charge in [0.1, 0.15) is 11.8 Å². The van der Waals surface area contributed by atoms with Gasteiger partial charge in [-0.2, -0.15) is 5.10 Å². The van der Waals surface area contributed by atoms with Crippen molar-refractivity contribution in [1.82, 2.24) is 10.7 Å². The molecule has 2 aromatic carbocycles. The second-order valence-corrected chi connectivity index (χ2v) is 9.29. The summed E-state index contributed by atoms with van der Waals surface area (Å²) in [5, 5.41) is 6.74. The Balaban J connectivity index is 2.01. The van der Waals surface area contributed by atoms with Crippen molar-refractivity contribution in [2.24, 2.45) is 11.0 Å². The molecule has 2 aromatic rings. The normalized spacial score (nSPS) is 11.6. The van der Waals surface area contributed by atoms with Crippen molar-refractivity contribution in [2.45, 2.75) is 33.2 Å². The van der Waals surface area contributed by atoms with Gasteiger partial charge in [-0.05, 0) is 64.5 Å².